The molecule has 0 aromatic heterocycles. The van der Waals surface area contributed by atoms with Gasteiger partial charge in [0.2, 0.25) is 0 Å². The third-order valence-electron chi connectivity index (χ3n) is 3.14. The van der Waals surface area contributed by atoms with Crippen LogP contribution in [-0.4, -0.2) is 48.1 Å². The van der Waals surface area contributed by atoms with Crippen LogP contribution in [0.25, 0.3) is 0 Å². The van der Waals surface area contributed by atoms with Crippen molar-refractivity contribution < 1.29 is 0 Å². The normalized spacial score (nSPS) is 31.6. The van der Waals surface area contributed by atoms with Crippen molar-refractivity contribution in [3.63, 3.8) is 0 Å². The Morgan fingerprint density at radius 2 is 1.77 bits per heavy atom. The van der Waals surface area contributed by atoms with E-state index in [0.29, 0.717) is 5.54 Å². The molecule has 2 atom stereocenters. The van der Waals surface area contributed by atoms with Crippen molar-refractivity contribution in [1.82, 2.24) is 9.80 Å². The Morgan fingerprint density at radius 3 is 2.00 bits per heavy atom. The molecule has 0 saturated carbocycles. The summed E-state index contributed by atoms with van der Waals surface area (Å²) in [5.41, 5.74) is 0.324. The van der Waals surface area contributed by atoms with Crippen LogP contribution in [0.2, 0.25) is 0 Å². The van der Waals surface area contributed by atoms with Gasteiger partial charge in [-0.3, -0.25) is 4.90 Å². The summed E-state index contributed by atoms with van der Waals surface area (Å²) < 4.78 is 0. The van der Waals surface area contributed by atoms with E-state index in [1.54, 1.807) is 0 Å². The first kappa shape index (κ1) is 11.0. The summed E-state index contributed by atoms with van der Waals surface area (Å²) >= 11 is 0. The summed E-state index contributed by atoms with van der Waals surface area (Å²) in [6.07, 6.45) is 1.31. The van der Waals surface area contributed by atoms with Crippen molar-refractivity contribution in [3.05, 3.63) is 0 Å². The first-order chi connectivity index (χ1) is 5.82. The lowest BCUT2D eigenvalue weighted by atomic mass is 10.1. The lowest BCUT2D eigenvalue weighted by Gasteiger charge is -2.35. The van der Waals surface area contributed by atoms with Crippen molar-refractivity contribution in [3.8, 4) is 0 Å². The average Bonchev–Trinajstić information content (AvgIpc) is 2.29. The third kappa shape index (κ3) is 2.44. The molecule has 0 aromatic rings. The fraction of sp³-hybridized carbons (Fsp3) is 1.00. The minimum atomic E-state index is 0.324. The van der Waals surface area contributed by atoms with Crippen LogP contribution >= 0.6 is 0 Å². The maximum atomic E-state index is 2.61. The Morgan fingerprint density at radius 1 is 1.23 bits per heavy atom. The molecule has 1 saturated heterocycles. The molecule has 0 bridgehead atoms. The number of likely N-dealkylation sites (N-methyl/N-ethyl adjacent to an activating group) is 1. The Hall–Kier alpha value is -0.0800. The van der Waals surface area contributed by atoms with Gasteiger partial charge in [-0.2, -0.15) is 0 Å². The van der Waals surface area contributed by atoms with Crippen LogP contribution in [0.15, 0.2) is 0 Å². The molecule has 2 heteroatoms. The van der Waals surface area contributed by atoms with Crippen LogP contribution in [0.1, 0.15) is 34.1 Å². The van der Waals surface area contributed by atoms with Gasteiger partial charge in [0.25, 0.3) is 0 Å². The first-order valence-electron chi connectivity index (χ1n) is 5.25. The Balaban J connectivity index is 2.62. The van der Waals surface area contributed by atoms with E-state index in [1.807, 2.05) is 0 Å². The quantitative estimate of drug-likeness (QED) is 0.613. The summed E-state index contributed by atoms with van der Waals surface area (Å²) in [7, 11) is 4.37. The SMILES string of the molecule is C[C@@H]1C[C@H](N(C)C)CN1C(C)(C)C. The highest BCUT2D eigenvalue weighted by atomic mass is 15.3. The molecule has 1 fully saturated rings. The highest BCUT2D eigenvalue weighted by Crippen LogP contribution is 2.27. The molecule has 13 heavy (non-hydrogen) atoms. The standard InChI is InChI=1S/C11H24N2/c1-9-7-10(12(5)6)8-13(9)11(2,3)4/h9-10H,7-8H2,1-6H3/t9-,10+/m1/s1. The molecule has 2 nitrogen and oxygen atoms in total. The minimum absolute atomic E-state index is 0.324. The minimum Gasteiger partial charge on any atom is -0.305 e. The van der Waals surface area contributed by atoms with Gasteiger partial charge >= 0.3 is 0 Å². The zero-order valence-corrected chi connectivity index (χ0v) is 9.96. The second-order valence-corrected chi connectivity index (χ2v) is 5.53. The predicted molar refractivity (Wildman–Crippen MR) is 58.0 cm³/mol. The third-order valence-corrected chi connectivity index (χ3v) is 3.14. The van der Waals surface area contributed by atoms with E-state index in [2.05, 4.69) is 51.6 Å². The van der Waals surface area contributed by atoms with Gasteiger partial charge in [-0.05, 0) is 48.2 Å². The van der Waals surface area contributed by atoms with E-state index >= 15 is 0 Å². The molecule has 1 rings (SSSR count). The first-order valence-corrected chi connectivity index (χ1v) is 5.25. The van der Waals surface area contributed by atoms with E-state index in [1.165, 1.54) is 13.0 Å². The van der Waals surface area contributed by atoms with Crippen molar-refractivity contribution >= 4 is 0 Å². The zero-order chi connectivity index (χ0) is 10.2. The van der Waals surface area contributed by atoms with Gasteiger partial charge in [0, 0.05) is 24.2 Å². The smallest absolute Gasteiger partial charge is 0.0232 e. The predicted octanol–water partition coefficient (Wildman–Crippen LogP) is 1.81. The molecule has 1 heterocycles. The second kappa shape index (κ2) is 3.58. The fourth-order valence-electron chi connectivity index (χ4n) is 2.31. The molecular formula is C11H24N2. The molecule has 0 aromatic carbocycles. The summed E-state index contributed by atoms with van der Waals surface area (Å²) in [5, 5.41) is 0. The maximum absolute atomic E-state index is 2.61. The lowest BCUT2D eigenvalue weighted by molar-refractivity contribution is 0.123. The summed E-state index contributed by atoms with van der Waals surface area (Å²) in [5.74, 6) is 0. The van der Waals surface area contributed by atoms with Gasteiger partial charge < -0.3 is 4.90 Å². The highest BCUT2D eigenvalue weighted by molar-refractivity contribution is 4.92. The van der Waals surface area contributed by atoms with Gasteiger partial charge in [-0.25, -0.2) is 0 Å². The van der Waals surface area contributed by atoms with Gasteiger partial charge in [0.05, 0.1) is 0 Å². The van der Waals surface area contributed by atoms with E-state index in [9.17, 15) is 0 Å². The Bertz CT molecular complexity index is 169. The summed E-state index contributed by atoms with van der Waals surface area (Å²) in [6.45, 7) is 10.5. The number of rotatable bonds is 1. The topological polar surface area (TPSA) is 6.48 Å². The highest BCUT2D eigenvalue weighted by Gasteiger charge is 2.36. The largest absolute Gasteiger partial charge is 0.305 e. The average molecular weight is 184 g/mol. The molecule has 0 aliphatic carbocycles. The van der Waals surface area contributed by atoms with Crippen LogP contribution in [0.5, 0.6) is 0 Å². The van der Waals surface area contributed by atoms with Crippen LogP contribution in [-0.2, 0) is 0 Å². The molecule has 0 unspecified atom stereocenters. The zero-order valence-electron chi connectivity index (χ0n) is 9.96. The van der Waals surface area contributed by atoms with Crippen molar-refractivity contribution in [1.29, 1.82) is 0 Å². The molecular weight excluding hydrogens is 160 g/mol. The van der Waals surface area contributed by atoms with Crippen LogP contribution in [0.3, 0.4) is 0 Å². The van der Waals surface area contributed by atoms with E-state index < -0.39 is 0 Å². The van der Waals surface area contributed by atoms with Crippen LogP contribution in [0, 0.1) is 0 Å². The molecule has 0 radical (unpaired) electrons. The van der Waals surface area contributed by atoms with Gasteiger partial charge in [-0.1, -0.05) is 0 Å². The number of hydrogen-bond donors (Lipinski definition) is 0. The van der Waals surface area contributed by atoms with Gasteiger partial charge in [-0.15, -0.1) is 0 Å². The van der Waals surface area contributed by atoms with Gasteiger partial charge in [0.15, 0.2) is 0 Å². The molecule has 1 aliphatic rings. The molecule has 0 N–H and O–H groups in total. The Kier molecular flexibility index (Phi) is 3.03. The van der Waals surface area contributed by atoms with Crippen LogP contribution < -0.4 is 0 Å². The Labute approximate surface area is 82.9 Å². The number of hydrogen-bond acceptors (Lipinski definition) is 2. The van der Waals surface area contributed by atoms with E-state index in [-0.39, 0.29) is 0 Å². The van der Waals surface area contributed by atoms with Crippen molar-refractivity contribution in [2.45, 2.75) is 51.7 Å². The summed E-state index contributed by atoms with van der Waals surface area (Å²) in [6, 6.07) is 1.47. The summed E-state index contributed by atoms with van der Waals surface area (Å²) in [4.78, 5) is 4.96. The lowest BCUT2D eigenvalue weighted by Crippen LogP contribution is -2.44. The van der Waals surface area contributed by atoms with E-state index in [4.69, 9.17) is 0 Å². The van der Waals surface area contributed by atoms with Crippen LogP contribution in [0.4, 0.5) is 0 Å². The molecule has 0 amide bonds. The maximum Gasteiger partial charge on any atom is 0.0232 e. The molecule has 0 spiro atoms. The van der Waals surface area contributed by atoms with Crippen molar-refractivity contribution in [2.75, 3.05) is 20.6 Å². The van der Waals surface area contributed by atoms with Gasteiger partial charge in [0.1, 0.15) is 0 Å². The number of nitrogens with zero attached hydrogens (tertiary/aromatic N) is 2. The van der Waals surface area contributed by atoms with Crippen molar-refractivity contribution in [2.24, 2.45) is 0 Å². The number of likely N-dealkylation sites (tertiary alicyclic amines) is 1. The van der Waals surface area contributed by atoms with E-state index in [0.717, 1.165) is 12.1 Å². The molecule has 1 aliphatic heterocycles. The molecule has 78 valence electrons. The monoisotopic (exact) mass is 184 g/mol. The second-order valence-electron chi connectivity index (χ2n) is 5.53. The fourth-order valence-corrected chi connectivity index (χ4v) is 2.31.